The van der Waals surface area contributed by atoms with E-state index < -0.39 is 0 Å². The molecule has 1 atom stereocenters. The molecule has 0 aromatic heterocycles. The van der Waals surface area contributed by atoms with Gasteiger partial charge in [0, 0.05) is 9.61 Å². The lowest BCUT2D eigenvalue weighted by molar-refractivity contribution is 0.737. The van der Waals surface area contributed by atoms with Crippen molar-refractivity contribution >= 4 is 22.6 Å². The molecule has 0 fully saturated rings. The van der Waals surface area contributed by atoms with E-state index in [1.807, 2.05) is 18.2 Å². The van der Waals surface area contributed by atoms with E-state index in [-0.39, 0.29) is 6.04 Å². The Bertz CT molecular complexity index is 270. The summed E-state index contributed by atoms with van der Waals surface area (Å²) in [6.45, 7) is 3.67. The van der Waals surface area contributed by atoms with Crippen LogP contribution in [0.4, 0.5) is 0 Å². The topological polar surface area (TPSA) is 26.0 Å². The third-order valence-corrected chi connectivity index (χ3v) is 2.71. The van der Waals surface area contributed by atoms with Crippen LogP contribution in [0.5, 0.6) is 0 Å². The normalized spacial score (nSPS) is 12.5. The van der Waals surface area contributed by atoms with Crippen molar-refractivity contribution in [2.24, 2.45) is 5.73 Å². The molecule has 0 saturated carbocycles. The molecule has 2 N–H and O–H groups in total. The van der Waals surface area contributed by atoms with Gasteiger partial charge in [0.05, 0.1) is 0 Å². The van der Waals surface area contributed by atoms with Crippen LogP contribution in [0, 0.1) is 3.57 Å². The minimum atomic E-state index is 0.0931. The Morgan fingerprint density at radius 1 is 1.50 bits per heavy atom. The van der Waals surface area contributed by atoms with Crippen LogP contribution in [0.25, 0.3) is 0 Å². The monoisotopic (exact) mass is 273 g/mol. The summed E-state index contributed by atoms with van der Waals surface area (Å²) in [5.41, 5.74) is 7.14. The minimum absolute atomic E-state index is 0.0931. The molecule has 1 rings (SSSR count). The van der Waals surface area contributed by atoms with Crippen LogP contribution >= 0.6 is 22.6 Å². The van der Waals surface area contributed by atoms with E-state index in [1.54, 1.807) is 0 Å². The Morgan fingerprint density at radius 2 is 2.17 bits per heavy atom. The molecule has 0 spiro atoms. The molecule has 1 aromatic rings. The fourth-order valence-corrected chi connectivity index (χ4v) is 1.87. The first-order valence-electron chi connectivity index (χ1n) is 3.86. The molecule has 2 heteroatoms. The van der Waals surface area contributed by atoms with E-state index in [0.29, 0.717) is 0 Å². The molecule has 64 valence electrons. The Kier molecular flexibility index (Phi) is 3.75. The van der Waals surface area contributed by atoms with Gasteiger partial charge in [0.25, 0.3) is 0 Å². The maximum Gasteiger partial charge on any atom is 0.0340 e. The summed E-state index contributed by atoms with van der Waals surface area (Å²) in [7, 11) is 0. The molecule has 0 saturated heterocycles. The zero-order valence-electron chi connectivity index (χ0n) is 6.83. The van der Waals surface area contributed by atoms with Gasteiger partial charge in [0.1, 0.15) is 0 Å². The fourth-order valence-electron chi connectivity index (χ4n) is 1.08. The van der Waals surface area contributed by atoms with Crippen molar-refractivity contribution in [2.45, 2.75) is 12.5 Å². The third-order valence-electron chi connectivity index (χ3n) is 1.73. The van der Waals surface area contributed by atoms with Gasteiger partial charge in [-0.1, -0.05) is 24.3 Å². The van der Waals surface area contributed by atoms with Crippen LogP contribution in [-0.4, -0.2) is 0 Å². The van der Waals surface area contributed by atoms with E-state index >= 15 is 0 Å². The highest BCUT2D eigenvalue weighted by atomic mass is 127. The predicted molar refractivity (Wildman–Crippen MR) is 60.9 cm³/mol. The van der Waals surface area contributed by atoms with Crippen molar-refractivity contribution in [3.05, 3.63) is 46.1 Å². The van der Waals surface area contributed by atoms with Gasteiger partial charge in [0.15, 0.2) is 0 Å². The molecule has 0 aliphatic heterocycles. The molecule has 1 nitrogen and oxygen atoms in total. The second-order valence-corrected chi connectivity index (χ2v) is 3.81. The molecule has 0 amide bonds. The molecule has 1 unspecified atom stereocenters. The number of hydrogen-bond donors (Lipinski definition) is 1. The second-order valence-electron chi connectivity index (χ2n) is 2.65. The average molecular weight is 273 g/mol. The van der Waals surface area contributed by atoms with Gasteiger partial charge >= 0.3 is 0 Å². The van der Waals surface area contributed by atoms with Gasteiger partial charge in [-0.3, -0.25) is 0 Å². The van der Waals surface area contributed by atoms with E-state index in [9.17, 15) is 0 Å². The van der Waals surface area contributed by atoms with Gasteiger partial charge in [0.2, 0.25) is 0 Å². The summed E-state index contributed by atoms with van der Waals surface area (Å²) in [5.74, 6) is 0. The summed E-state index contributed by atoms with van der Waals surface area (Å²) in [4.78, 5) is 0. The Hall–Kier alpha value is -0.350. The Morgan fingerprint density at radius 3 is 2.75 bits per heavy atom. The van der Waals surface area contributed by atoms with Crippen molar-refractivity contribution in [3.8, 4) is 0 Å². The van der Waals surface area contributed by atoms with Crippen LogP contribution in [-0.2, 0) is 0 Å². The van der Waals surface area contributed by atoms with E-state index in [4.69, 9.17) is 5.73 Å². The summed E-state index contributed by atoms with van der Waals surface area (Å²) in [5, 5.41) is 0. The fraction of sp³-hybridized carbons (Fsp3) is 0.200. The molecule has 0 bridgehead atoms. The first kappa shape index (κ1) is 9.74. The molecule has 0 radical (unpaired) electrons. The molecule has 0 heterocycles. The standard InChI is InChI=1S/C10H12IN/c1-2-5-10(12)8-6-3-4-7-9(8)11/h2-4,6-7,10H,1,5,12H2. The highest BCUT2D eigenvalue weighted by molar-refractivity contribution is 14.1. The predicted octanol–water partition coefficient (Wildman–Crippen LogP) is 2.87. The number of rotatable bonds is 3. The van der Waals surface area contributed by atoms with Gasteiger partial charge in [-0.2, -0.15) is 0 Å². The lowest BCUT2D eigenvalue weighted by Gasteiger charge is -2.10. The maximum absolute atomic E-state index is 5.93. The van der Waals surface area contributed by atoms with Gasteiger partial charge in [-0.15, -0.1) is 6.58 Å². The highest BCUT2D eigenvalue weighted by Gasteiger charge is 2.05. The van der Waals surface area contributed by atoms with Crippen LogP contribution in [0.3, 0.4) is 0 Å². The molecular weight excluding hydrogens is 261 g/mol. The quantitative estimate of drug-likeness (QED) is 0.665. The molecule has 0 aliphatic rings. The summed E-state index contributed by atoms with van der Waals surface area (Å²) in [6.07, 6.45) is 2.69. The first-order valence-corrected chi connectivity index (χ1v) is 4.94. The lowest BCUT2D eigenvalue weighted by Crippen LogP contribution is -2.10. The van der Waals surface area contributed by atoms with Gasteiger partial charge in [-0.05, 0) is 40.6 Å². The van der Waals surface area contributed by atoms with Crippen LogP contribution in [0.15, 0.2) is 36.9 Å². The minimum Gasteiger partial charge on any atom is -0.324 e. The number of halogens is 1. The summed E-state index contributed by atoms with van der Waals surface area (Å²) in [6, 6.07) is 8.26. The zero-order chi connectivity index (χ0) is 8.97. The largest absolute Gasteiger partial charge is 0.324 e. The Labute approximate surface area is 86.8 Å². The molecule has 12 heavy (non-hydrogen) atoms. The van der Waals surface area contributed by atoms with Crippen molar-refractivity contribution in [1.29, 1.82) is 0 Å². The van der Waals surface area contributed by atoms with Gasteiger partial charge < -0.3 is 5.73 Å². The van der Waals surface area contributed by atoms with Crippen molar-refractivity contribution in [3.63, 3.8) is 0 Å². The molecular formula is C10H12IN. The number of nitrogens with two attached hydrogens (primary N) is 1. The summed E-state index contributed by atoms with van der Waals surface area (Å²) >= 11 is 2.30. The van der Waals surface area contributed by atoms with Crippen LogP contribution in [0.2, 0.25) is 0 Å². The van der Waals surface area contributed by atoms with E-state index in [1.165, 1.54) is 9.13 Å². The van der Waals surface area contributed by atoms with Gasteiger partial charge in [-0.25, -0.2) is 0 Å². The number of benzene rings is 1. The second kappa shape index (κ2) is 4.62. The maximum atomic E-state index is 5.93. The third kappa shape index (κ3) is 2.32. The van der Waals surface area contributed by atoms with Crippen molar-refractivity contribution in [1.82, 2.24) is 0 Å². The molecule has 1 aromatic carbocycles. The van der Waals surface area contributed by atoms with Crippen molar-refractivity contribution in [2.75, 3.05) is 0 Å². The average Bonchev–Trinajstić information content (AvgIpc) is 2.05. The smallest absolute Gasteiger partial charge is 0.0340 e. The lowest BCUT2D eigenvalue weighted by atomic mass is 10.1. The van der Waals surface area contributed by atoms with Crippen molar-refractivity contribution < 1.29 is 0 Å². The van der Waals surface area contributed by atoms with E-state index in [2.05, 4.69) is 41.3 Å². The zero-order valence-corrected chi connectivity index (χ0v) is 8.99. The van der Waals surface area contributed by atoms with E-state index in [0.717, 1.165) is 6.42 Å². The summed E-state index contributed by atoms with van der Waals surface area (Å²) < 4.78 is 1.23. The highest BCUT2D eigenvalue weighted by Crippen LogP contribution is 2.20. The van der Waals surface area contributed by atoms with Crippen LogP contribution in [0.1, 0.15) is 18.0 Å². The SMILES string of the molecule is C=CCC(N)c1ccccc1I. The Balaban J connectivity index is 2.86. The first-order chi connectivity index (χ1) is 5.75. The molecule has 0 aliphatic carbocycles. The van der Waals surface area contributed by atoms with Crippen LogP contribution < -0.4 is 5.73 Å². The number of hydrogen-bond acceptors (Lipinski definition) is 1.